The van der Waals surface area contributed by atoms with Crippen molar-refractivity contribution in [3.63, 3.8) is 0 Å². The number of nitrogens with one attached hydrogen (secondary N) is 2. The van der Waals surface area contributed by atoms with Crippen LogP contribution in [0.2, 0.25) is 0 Å². The maximum absolute atomic E-state index is 12.0. The molecule has 1 amide bonds. The maximum Gasteiger partial charge on any atom is 0.224 e. The number of hydrogen-bond acceptors (Lipinski definition) is 3. The lowest BCUT2D eigenvalue weighted by atomic mass is 10.1. The molecular weight excluding hydrogens is 250 g/mol. The molecule has 20 heavy (non-hydrogen) atoms. The quantitative estimate of drug-likeness (QED) is 0.759. The predicted molar refractivity (Wildman–Crippen MR) is 83.6 cm³/mol. The van der Waals surface area contributed by atoms with Crippen LogP contribution in [0, 0.1) is 5.92 Å². The normalized spacial score (nSPS) is 14.1. The molecule has 2 unspecified atom stereocenters. The van der Waals surface area contributed by atoms with Gasteiger partial charge in [0, 0.05) is 19.0 Å². The van der Waals surface area contributed by atoms with Gasteiger partial charge < -0.3 is 15.5 Å². The van der Waals surface area contributed by atoms with E-state index in [1.807, 2.05) is 46.1 Å². The van der Waals surface area contributed by atoms with Gasteiger partial charge >= 0.3 is 0 Å². The molecule has 112 valence electrons. The van der Waals surface area contributed by atoms with Crippen molar-refractivity contribution in [3.05, 3.63) is 35.9 Å². The molecule has 0 saturated heterocycles. The minimum atomic E-state index is -0.00599. The van der Waals surface area contributed by atoms with Gasteiger partial charge in [0.05, 0.1) is 6.04 Å². The van der Waals surface area contributed by atoms with Crippen LogP contribution in [0.5, 0.6) is 0 Å². The standard InChI is InChI=1S/C16H27N3O/c1-5-17-11-13(2)16(20)18-12-15(19(3)4)14-9-7-6-8-10-14/h6-10,13,15,17H,5,11-12H2,1-4H3,(H,18,20). The van der Waals surface area contributed by atoms with E-state index in [0.717, 1.165) is 13.1 Å². The van der Waals surface area contributed by atoms with Crippen LogP contribution in [0.1, 0.15) is 25.5 Å². The van der Waals surface area contributed by atoms with E-state index < -0.39 is 0 Å². The van der Waals surface area contributed by atoms with Gasteiger partial charge in [-0.3, -0.25) is 4.79 Å². The number of rotatable bonds is 8. The van der Waals surface area contributed by atoms with Crippen LogP contribution in [0.15, 0.2) is 30.3 Å². The van der Waals surface area contributed by atoms with Gasteiger partial charge in [-0.05, 0) is 26.2 Å². The maximum atomic E-state index is 12.0. The summed E-state index contributed by atoms with van der Waals surface area (Å²) in [6, 6.07) is 10.5. The first-order chi connectivity index (χ1) is 9.56. The Hall–Kier alpha value is -1.39. The van der Waals surface area contributed by atoms with E-state index in [9.17, 15) is 4.79 Å². The summed E-state index contributed by atoms with van der Waals surface area (Å²) in [6.45, 7) is 6.24. The number of hydrogen-bond donors (Lipinski definition) is 2. The van der Waals surface area contributed by atoms with Crippen LogP contribution in [-0.2, 0) is 4.79 Å². The molecule has 0 heterocycles. The summed E-state index contributed by atoms with van der Waals surface area (Å²) in [7, 11) is 4.07. The molecule has 2 N–H and O–H groups in total. The summed E-state index contributed by atoms with van der Waals surface area (Å²) < 4.78 is 0. The first-order valence-corrected chi connectivity index (χ1v) is 7.26. The molecule has 0 fully saturated rings. The number of benzene rings is 1. The molecule has 0 aliphatic carbocycles. The van der Waals surface area contributed by atoms with Gasteiger partial charge in [0.25, 0.3) is 0 Å². The van der Waals surface area contributed by atoms with Crippen LogP contribution in [0.3, 0.4) is 0 Å². The smallest absolute Gasteiger partial charge is 0.224 e. The van der Waals surface area contributed by atoms with Gasteiger partial charge in [0.2, 0.25) is 5.91 Å². The Morgan fingerprint density at radius 1 is 1.20 bits per heavy atom. The lowest BCUT2D eigenvalue weighted by molar-refractivity contribution is -0.124. The van der Waals surface area contributed by atoms with Crippen molar-refractivity contribution in [2.45, 2.75) is 19.9 Å². The van der Waals surface area contributed by atoms with Gasteiger partial charge in [-0.15, -0.1) is 0 Å². The zero-order valence-corrected chi connectivity index (χ0v) is 13.0. The van der Waals surface area contributed by atoms with Crippen molar-refractivity contribution in [1.29, 1.82) is 0 Å². The van der Waals surface area contributed by atoms with Crippen molar-refractivity contribution in [2.75, 3.05) is 33.7 Å². The lowest BCUT2D eigenvalue weighted by Crippen LogP contribution is -2.39. The second-order valence-corrected chi connectivity index (χ2v) is 5.34. The van der Waals surface area contributed by atoms with Crippen molar-refractivity contribution < 1.29 is 4.79 Å². The number of carbonyl (C=O) groups is 1. The third-order valence-electron chi connectivity index (χ3n) is 3.43. The van der Waals surface area contributed by atoms with Gasteiger partial charge in [-0.2, -0.15) is 0 Å². The van der Waals surface area contributed by atoms with Gasteiger partial charge in [-0.1, -0.05) is 44.2 Å². The lowest BCUT2D eigenvalue weighted by Gasteiger charge is -2.25. The second kappa shape index (κ2) is 8.72. The molecule has 4 heteroatoms. The molecule has 4 nitrogen and oxygen atoms in total. The predicted octanol–water partition coefficient (Wildman–Crippen LogP) is 1.65. The molecule has 1 aromatic rings. The minimum Gasteiger partial charge on any atom is -0.354 e. The molecule has 0 aromatic heterocycles. The molecule has 0 saturated carbocycles. The Labute approximate surface area is 122 Å². The highest BCUT2D eigenvalue weighted by Crippen LogP contribution is 2.16. The number of carbonyl (C=O) groups excluding carboxylic acids is 1. The highest BCUT2D eigenvalue weighted by molar-refractivity contribution is 5.78. The summed E-state index contributed by atoms with van der Waals surface area (Å²) in [6.07, 6.45) is 0. The Morgan fingerprint density at radius 3 is 2.40 bits per heavy atom. The van der Waals surface area contributed by atoms with Crippen LogP contribution in [0.4, 0.5) is 0 Å². The van der Waals surface area contributed by atoms with Crippen molar-refractivity contribution in [3.8, 4) is 0 Å². The molecule has 0 bridgehead atoms. The zero-order chi connectivity index (χ0) is 15.0. The van der Waals surface area contributed by atoms with Crippen LogP contribution in [-0.4, -0.2) is 44.5 Å². The third-order valence-corrected chi connectivity index (χ3v) is 3.43. The number of amides is 1. The molecule has 1 rings (SSSR count). The third kappa shape index (κ3) is 5.31. The fourth-order valence-electron chi connectivity index (χ4n) is 2.10. The first-order valence-electron chi connectivity index (χ1n) is 7.26. The molecule has 0 radical (unpaired) electrons. The largest absolute Gasteiger partial charge is 0.354 e. The molecule has 1 aromatic carbocycles. The van der Waals surface area contributed by atoms with Gasteiger partial charge in [-0.25, -0.2) is 0 Å². The zero-order valence-electron chi connectivity index (χ0n) is 13.0. The van der Waals surface area contributed by atoms with E-state index in [1.54, 1.807) is 0 Å². The summed E-state index contributed by atoms with van der Waals surface area (Å²) in [4.78, 5) is 14.2. The number of likely N-dealkylation sites (N-methyl/N-ethyl adjacent to an activating group) is 1. The fourth-order valence-corrected chi connectivity index (χ4v) is 2.10. The highest BCUT2D eigenvalue weighted by Gasteiger charge is 2.17. The summed E-state index contributed by atoms with van der Waals surface area (Å²) in [5.41, 5.74) is 1.22. The van der Waals surface area contributed by atoms with E-state index in [4.69, 9.17) is 0 Å². The summed E-state index contributed by atoms with van der Waals surface area (Å²) in [5.74, 6) is 0.0993. The van der Waals surface area contributed by atoms with E-state index in [2.05, 4.69) is 27.7 Å². The molecule has 0 spiro atoms. The van der Waals surface area contributed by atoms with E-state index in [1.165, 1.54) is 5.56 Å². The average Bonchev–Trinajstić information content (AvgIpc) is 2.45. The first kappa shape index (κ1) is 16.7. The van der Waals surface area contributed by atoms with E-state index in [0.29, 0.717) is 6.54 Å². The highest BCUT2D eigenvalue weighted by atomic mass is 16.1. The minimum absolute atomic E-state index is 0.00599. The van der Waals surface area contributed by atoms with Crippen molar-refractivity contribution in [1.82, 2.24) is 15.5 Å². The van der Waals surface area contributed by atoms with E-state index in [-0.39, 0.29) is 17.9 Å². The monoisotopic (exact) mass is 277 g/mol. The van der Waals surface area contributed by atoms with Crippen molar-refractivity contribution in [2.24, 2.45) is 5.92 Å². The topological polar surface area (TPSA) is 44.4 Å². The van der Waals surface area contributed by atoms with Gasteiger partial charge in [0.1, 0.15) is 0 Å². The number of nitrogens with zero attached hydrogens (tertiary/aromatic N) is 1. The molecule has 0 aliphatic rings. The Balaban J connectivity index is 2.54. The second-order valence-electron chi connectivity index (χ2n) is 5.34. The molecule has 0 aliphatic heterocycles. The summed E-state index contributed by atoms with van der Waals surface area (Å²) in [5, 5.41) is 6.25. The van der Waals surface area contributed by atoms with Crippen LogP contribution < -0.4 is 10.6 Å². The molecular formula is C16H27N3O. The average molecular weight is 277 g/mol. The van der Waals surface area contributed by atoms with Crippen molar-refractivity contribution >= 4 is 5.91 Å². The van der Waals surface area contributed by atoms with Gasteiger partial charge in [0.15, 0.2) is 0 Å². The Morgan fingerprint density at radius 2 is 1.85 bits per heavy atom. The van der Waals surface area contributed by atoms with E-state index >= 15 is 0 Å². The van der Waals surface area contributed by atoms with Crippen LogP contribution >= 0.6 is 0 Å². The fraction of sp³-hybridized carbons (Fsp3) is 0.562. The SMILES string of the molecule is CCNCC(C)C(=O)NCC(c1ccccc1)N(C)C. The Kier molecular flexibility index (Phi) is 7.26. The Bertz CT molecular complexity index is 392. The molecule has 2 atom stereocenters. The summed E-state index contributed by atoms with van der Waals surface area (Å²) >= 11 is 0. The van der Waals surface area contributed by atoms with Crippen LogP contribution in [0.25, 0.3) is 0 Å².